The van der Waals surface area contributed by atoms with Gasteiger partial charge >= 0.3 is 5.97 Å². The summed E-state index contributed by atoms with van der Waals surface area (Å²) in [5.41, 5.74) is 0.295. The Morgan fingerprint density at radius 2 is 2.33 bits per heavy atom. The minimum Gasteiger partial charge on any atom is -0.467 e. The maximum absolute atomic E-state index is 11.3. The molecule has 1 aromatic heterocycles. The number of carbonyl (C=O) groups excluding carboxylic acids is 1. The summed E-state index contributed by atoms with van der Waals surface area (Å²) >= 11 is 11.6. The number of nitrogens with zero attached hydrogens (tertiary/aromatic N) is 2. The van der Waals surface area contributed by atoms with Gasteiger partial charge in [0.25, 0.3) is 0 Å². The first-order chi connectivity index (χ1) is 7.04. The third-order valence-corrected chi connectivity index (χ3v) is 2.44. The highest BCUT2D eigenvalue weighted by Crippen LogP contribution is 2.36. The molecule has 0 amide bonds. The van der Waals surface area contributed by atoms with Crippen LogP contribution in [0.2, 0.25) is 0 Å². The molecular formula is C9H6Cl2N2O2. The second-order valence-corrected chi connectivity index (χ2v) is 3.93. The number of rotatable bonds is 2. The smallest absolute Gasteiger partial charge is 0.347 e. The number of aromatic nitrogens is 1. The van der Waals surface area contributed by atoms with E-state index in [1.165, 1.54) is 18.5 Å². The Kier molecular flexibility index (Phi) is 3.51. The minimum atomic E-state index is -1.89. The molecule has 0 radical (unpaired) electrons. The standard InChI is InChI=1S/C9H6Cl2N2O2/c1-15-8(14)9(10,11)7-2-3-13-5-6(7)4-12/h2-3,5H,1H3. The van der Waals surface area contributed by atoms with Crippen molar-refractivity contribution in [3.05, 3.63) is 29.6 Å². The molecule has 0 atom stereocenters. The molecular weight excluding hydrogens is 239 g/mol. The van der Waals surface area contributed by atoms with Crippen LogP contribution in [-0.4, -0.2) is 18.1 Å². The Balaban J connectivity index is 3.27. The lowest BCUT2D eigenvalue weighted by atomic mass is 10.1. The second kappa shape index (κ2) is 4.47. The van der Waals surface area contributed by atoms with Gasteiger partial charge in [-0.3, -0.25) is 4.98 Å². The highest BCUT2D eigenvalue weighted by Gasteiger charge is 2.39. The Labute approximate surface area is 96.4 Å². The van der Waals surface area contributed by atoms with E-state index in [0.717, 1.165) is 7.11 Å². The van der Waals surface area contributed by atoms with Crippen LogP contribution in [0.3, 0.4) is 0 Å². The molecule has 6 heteroatoms. The Bertz CT molecular complexity index is 426. The van der Waals surface area contributed by atoms with Crippen molar-refractivity contribution in [3.8, 4) is 6.07 Å². The molecule has 0 spiro atoms. The van der Waals surface area contributed by atoms with Gasteiger partial charge in [-0.2, -0.15) is 5.26 Å². The van der Waals surface area contributed by atoms with Gasteiger partial charge in [0.1, 0.15) is 6.07 Å². The van der Waals surface area contributed by atoms with Gasteiger partial charge in [-0.05, 0) is 6.07 Å². The van der Waals surface area contributed by atoms with Gasteiger partial charge in [-0.1, -0.05) is 23.2 Å². The third kappa shape index (κ3) is 2.20. The van der Waals surface area contributed by atoms with Crippen molar-refractivity contribution >= 4 is 29.2 Å². The number of hydrogen-bond acceptors (Lipinski definition) is 4. The Hall–Kier alpha value is -1.31. The van der Waals surface area contributed by atoms with Crippen LogP contribution in [0, 0.1) is 11.3 Å². The van der Waals surface area contributed by atoms with E-state index in [-0.39, 0.29) is 11.1 Å². The van der Waals surface area contributed by atoms with Crippen molar-refractivity contribution in [2.45, 2.75) is 4.33 Å². The summed E-state index contributed by atoms with van der Waals surface area (Å²) in [5.74, 6) is -0.839. The number of carbonyl (C=O) groups is 1. The molecule has 1 rings (SSSR count). The molecule has 0 fully saturated rings. The molecule has 4 nitrogen and oxygen atoms in total. The summed E-state index contributed by atoms with van der Waals surface area (Å²) < 4.78 is 2.55. The van der Waals surface area contributed by atoms with Crippen LogP contribution in [0.5, 0.6) is 0 Å². The third-order valence-electron chi connectivity index (χ3n) is 1.72. The fourth-order valence-corrected chi connectivity index (χ4v) is 1.48. The molecule has 15 heavy (non-hydrogen) atoms. The highest BCUT2D eigenvalue weighted by atomic mass is 35.5. The van der Waals surface area contributed by atoms with Crippen molar-refractivity contribution in [1.29, 1.82) is 5.26 Å². The fraction of sp³-hybridized carbons (Fsp3) is 0.222. The second-order valence-electron chi connectivity index (χ2n) is 2.60. The van der Waals surface area contributed by atoms with E-state index in [9.17, 15) is 4.79 Å². The zero-order valence-electron chi connectivity index (χ0n) is 7.70. The molecule has 0 aliphatic rings. The van der Waals surface area contributed by atoms with Crippen molar-refractivity contribution in [3.63, 3.8) is 0 Å². The number of esters is 1. The van der Waals surface area contributed by atoms with Gasteiger partial charge in [0, 0.05) is 18.0 Å². The number of pyridine rings is 1. The van der Waals surface area contributed by atoms with Crippen LogP contribution < -0.4 is 0 Å². The van der Waals surface area contributed by atoms with E-state index in [1.807, 2.05) is 6.07 Å². The van der Waals surface area contributed by atoms with E-state index in [0.29, 0.717) is 0 Å². The van der Waals surface area contributed by atoms with Crippen LogP contribution in [0.1, 0.15) is 11.1 Å². The predicted molar refractivity (Wildman–Crippen MR) is 54.4 cm³/mol. The number of halogens is 2. The first-order valence-corrected chi connectivity index (χ1v) is 4.60. The lowest BCUT2D eigenvalue weighted by molar-refractivity contribution is -0.141. The van der Waals surface area contributed by atoms with E-state index < -0.39 is 10.3 Å². The molecule has 1 aromatic rings. The maximum Gasteiger partial charge on any atom is 0.347 e. The van der Waals surface area contributed by atoms with Crippen molar-refractivity contribution in [2.24, 2.45) is 0 Å². The van der Waals surface area contributed by atoms with Gasteiger partial charge < -0.3 is 4.74 Å². The van der Waals surface area contributed by atoms with E-state index in [2.05, 4.69) is 9.72 Å². The number of nitriles is 1. The molecule has 0 saturated carbocycles. The monoisotopic (exact) mass is 244 g/mol. The van der Waals surface area contributed by atoms with Gasteiger partial charge in [0.15, 0.2) is 0 Å². The van der Waals surface area contributed by atoms with Crippen LogP contribution >= 0.6 is 23.2 Å². The van der Waals surface area contributed by atoms with Crippen LogP contribution in [0.15, 0.2) is 18.5 Å². The van der Waals surface area contributed by atoms with Gasteiger partial charge in [0.2, 0.25) is 4.33 Å². The zero-order valence-corrected chi connectivity index (χ0v) is 9.21. The number of hydrogen-bond donors (Lipinski definition) is 0. The molecule has 1 heterocycles. The summed E-state index contributed by atoms with van der Waals surface area (Å²) in [4.78, 5) is 15.0. The van der Waals surface area contributed by atoms with Crippen LogP contribution in [-0.2, 0) is 13.9 Å². The SMILES string of the molecule is COC(=O)C(Cl)(Cl)c1ccncc1C#N. The molecule has 78 valence electrons. The van der Waals surface area contributed by atoms with Gasteiger partial charge in [0.05, 0.1) is 12.7 Å². The van der Waals surface area contributed by atoms with E-state index >= 15 is 0 Å². The summed E-state index contributed by atoms with van der Waals surface area (Å²) in [6.07, 6.45) is 2.66. The van der Waals surface area contributed by atoms with Crippen molar-refractivity contribution < 1.29 is 9.53 Å². The Morgan fingerprint density at radius 3 is 2.87 bits per heavy atom. The molecule has 0 aliphatic heterocycles. The van der Waals surface area contributed by atoms with E-state index in [4.69, 9.17) is 28.5 Å². The number of alkyl halides is 2. The zero-order chi connectivity index (χ0) is 11.5. The molecule has 0 aliphatic carbocycles. The normalized spacial score (nSPS) is 10.5. The molecule has 0 bridgehead atoms. The van der Waals surface area contributed by atoms with Gasteiger partial charge in [-0.25, -0.2) is 4.79 Å². The molecule has 0 unspecified atom stereocenters. The average molecular weight is 245 g/mol. The first-order valence-electron chi connectivity index (χ1n) is 3.85. The van der Waals surface area contributed by atoms with Crippen molar-refractivity contribution in [1.82, 2.24) is 4.98 Å². The predicted octanol–water partition coefficient (Wildman–Crippen LogP) is 1.76. The minimum absolute atomic E-state index is 0.132. The Morgan fingerprint density at radius 1 is 1.67 bits per heavy atom. The molecule has 0 saturated heterocycles. The number of ether oxygens (including phenoxy) is 1. The lowest BCUT2D eigenvalue weighted by Crippen LogP contribution is -2.26. The van der Waals surface area contributed by atoms with E-state index in [1.54, 1.807) is 0 Å². The fourth-order valence-electron chi connectivity index (χ4n) is 0.995. The summed E-state index contributed by atoms with van der Waals surface area (Å²) in [6, 6.07) is 3.24. The topological polar surface area (TPSA) is 63.0 Å². The highest BCUT2D eigenvalue weighted by molar-refractivity contribution is 6.57. The summed E-state index contributed by atoms with van der Waals surface area (Å²) in [5, 5.41) is 8.78. The average Bonchev–Trinajstić information content (AvgIpc) is 2.27. The van der Waals surface area contributed by atoms with Crippen LogP contribution in [0.4, 0.5) is 0 Å². The number of methoxy groups -OCH3 is 1. The van der Waals surface area contributed by atoms with Gasteiger partial charge in [-0.15, -0.1) is 0 Å². The summed E-state index contributed by atoms with van der Waals surface area (Å²) in [7, 11) is 1.16. The van der Waals surface area contributed by atoms with Crippen LogP contribution in [0.25, 0.3) is 0 Å². The molecule has 0 aromatic carbocycles. The summed E-state index contributed by atoms with van der Waals surface area (Å²) in [6.45, 7) is 0. The largest absolute Gasteiger partial charge is 0.467 e. The quantitative estimate of drug-likeness (QED) is 0.588. The van der Waals surface area contributed by atoms with Crippen molar-refractivity contribution in [2.75, 3.05) is 7.11 Å². The first kappa shape index (κ1) is 11.8. The lowest BCUT2D eigenvalue weighted by Gasteiger charge is -2.17. The molecule has 0 N–H and O–H groups in total. The maximum atomic E-state index is 11.3.